The largest absolute Gasteiger partial charge is 0.507 e. The molecule has 0 aliphatic carbocycles. The molecule has 2 aliphatic rings. The van der Waals surface area contributed by atoms with Crippen LogP contribution in [-0.2, 0) is 16.0 Å². The van der Waals surface area contributed by atoms with E-state index in [4.69, 9.17) is 9.47 Å². The minimum Gasteiger partial charge on any atom is -0.507 e. The van der Waals surface area contributed by atoms with Crippen molar-refractivity contribution in [2.75, 3.05) is 12.0 Å². The fourth-order valence-electron chi connectivity index (χ4n) is 4.89. The number of methoxy groups -OCH3 is 1. The van der Waals surface area contributed by atoms with E-state index in [0.29, 0.717) is 29.0 Å². The Bertz CT molecular complexity index is 1390. The predicted molar refractivity (Wildman–Crippen MR) is 134 cm³/mol. The number of hydrogen-bond donors (Lipinski definition) is 1. The molecule has 2 heterocycles. The van der Waals surface area contributed by atoms with Gasteiger partial charge in [-0.25, -0.2) is 0 Å². The lowest BCUT2D eigenvalue weighted by Crippen LogP contribution is -2.29. The molecular weight excluding hydrogens is 442 g/mol. The molecule has 3 aromatic rings. The van der Waals surface area contributed by atoms with Gasteiger partial charge in [0.15, 0.2) is 0 Å². The van der Waals surface area contributed by atoms with Crippen LogP contribution in [0, 0.1) is 13.8 Å². The quantitative estimate of drug-likeness (QED) is 0.320. The van der Waals surface area contributed by atoms with Crippen LogP contribution in [-0.4, -0.2) is 30.0 Å². The smallest absolute Gasteiger partial charge is 0.300 e. The number of carbonyl (C=O) groups is 2. The van der Waals surface area contributed by atoms with Crippen molar-refractivity contribution in [1.82, 2.24) is 0 Å². The van der Waals surface area contributed by atoms with E-state index in [1.165, 1.54) is 4.90 Å². The molecule has 1 N–H and O–H groups in total. The first kappa shape index (κ1) is 22.7. The second kappa shape index (κ2) is 8.62. The zero-order valence-corrected chi connectivity index (χ0v) is 20.2. The standard InChI is InChI=1S/C29H27NO5/c1-16-9-11-21(13-17(16)2)30-26(22-7-5-6-8-24(22)34-4)25(28(32)29(30)33)27(31)19-10-12-23-20(15-19)14-18(3)35-23/h5-13,15,18,26,31H,14H2,1-4H3/b27-25+. The number of fused-ring (bicyclic) bond motifs is 1. The zero-order chi connectivity index (χ0) is 24.9. The van der Waals surface area contributed by atoms with Crippen molar-refractivity contribution in [3.63, 3.8) is 0 Å². The number of aryl methyl sites for hydroxylation is 2. The van der Waals surface area contributed by atoms with Gasteiger partial charge in [-0.3, -0.25) is 14.5 Å². The first-order chi connectivity index (χ1) is 16.8. The first-order valence-electron chi connectivity index (χ1n) is 11.6. The van der Waals surface area contributed by atoms with Gasteiger partial charge in [0, 0.05) is 23.2 Å². The second-order valence-corrected chi connectivity index (χ2v) is 9.13. The summed E-state index contributed by atoms with van der Waals surface area (Å²) < 4.78 is 11.4. The van der Waals surface area contributed by atoms with Crippen LogP contribution in [0.4, 0.5) is 5.69 Å². The second-order valence-electron chi connectivity index (χ2n) is 9.13. The summed E-state index contributed by atoms with van der Waals surface area (Å²) in [7, 11) is 1.54. The number of aliphatic hydroxyl groups excluding tert-OH is 1. The third-order valence-corrected chi connectivity index (χ3v) is 6.82. The number of ether oxygens (including phenoxy) is 2. The van der Waals surface area contributed by atoms with Crippen molar-refractivity contribution in [2.24, 2.45) is 0 Å². The Morgan fingerprint density at radius 3 is 2.54 bits per heavy atom. The van der Waals surface area contributed by atoms with Crippen molar-refractivity contribution >= 4 is 23.1 Å². The van der Waals surface area contributed by atoms with Gasteiger partial charge < -0.3 is 14.6 Å². The third-order valence-electron chi connectivity index (χ3n) is 6.82. The zero-order valence-electron chi connectivity index (χ0n) is 20.2. The van der Waals surface area contributed by atoms with Gasteiger partial charge in [-0.15, -0.1) is 0 Å². The minimum atomic E-state index is -0.850. The van der Waals surface area contributed by atoms with E-state index in [-0.39, 0.29) is 17.4 Å². The minimum absolute atomic E-state index is 0.0321. The normalized spacial score (nSPS) is 20.6. The van der Waals surface area contributed by atoms with E-state index in [1.807, 2.05) is 63.2 Å². The third kappa shape index (κ3) is 3.75. The Kier molecular flexibility index (Phi) is 5.59. The molecule has 5 rings (SSSR count). The lowest BCUT2D eigenvalue weighted by atomic mass is 9.93. The van der Waals surface area contributed by atoms with Gasteiger partial charge in [0.1, 0.15) is 23.4 Å². The molecule has 0 aromatic heterocycles. The van der Waals surface area contributed by atoms with Crippen molar-refractivity contribution in [1.29, 1.82) is 0 Å². The number of rotatable bonds is 4. The molecule has 0 radical (unpaired) electrons. The lowest BCUT2D eigenvalue weighted by Gasteiger charge is -2.27. The molecule has 35 heavy (non-hydrogen) atoms. The average Bonchev–Trinajstić information content (AvgIpc) is 3.35. The van der Waals surface area contributed by atoms with E-state index in [0.717, 1.165) is 22.4 Å². The van der Waals surface area contributed by atoms with E-state index in [9.17, 15) is 14.7 Å². The number of ketones is 1. The highest BCUT2D eigenvalue weighted by Crippen LogP contribution is 2.45. The van der Waals surface area contributed by atoms with Crippen LogP contribution < -0.4 is 14.4 Å². The summed E-state index contributed by atoms with van der Waals surface area (Å²) in [5, 5.41) is 11.5. The molecule has 0 saturated carbocycles. The van der Waals surface area contributed by atoms with Gasteiger partial charge in [0.25, 0.3) is 11.7 Å². The Balaban J connectivity index is 1.73. The molecule has 0 bridgehead atoms. The molecule has 2 aliphatic heterocycles. The van der Waals surface area contributed by atoms with Crippen LogP contribution >= 0.6 is 0 Å². The van der Waals surface area contributed by atoms with Gasteiger partial charge in [-0.2, -0.15) is 0 Å². The fraction of sp³-hybridized carbons (Fsp3) is 0.241. The predicted octanol–water partition coefficient (Wildman–Crippen LogP) is 5.26. The van der Waals surface area contributed by atoms with Gasteiger partial charge in [0.05, 0.1) is 18.7 Å². The SMILES string of the molecule is COc1ccccc1C1/C(=C(\O)c2ccc3c(c2)CC(C)O3)C(=O)C(=O)N1c1ccc(C)c(C)c1. The highest BCUT2D eigenvalue weighted by molar-refractivity contribution is 6.51. The first-order valence-corrected chi connectivity index (χ1v) is 11.6. The summed E-state index contributed by atoms with van der Waals surface area (Å²) in [4.78, 5) is 28.3. The summed E-state index contributed by atoms with van der Waals surface area (Å²) >= 11 is 0. The number of aliphatic hydroxyl groups is 1. The molecule has 2 atom stereocenters. The van der Waals surface area contributed by atoms with Crippen LogP contribution in [0.15, 0.2) is 66.2 Å². The molecule has 1 fully saturated rings. The molecular formula is C29H27NO5. The molecule has 3 aromatic carbocycles. The molecule has 1 saturated heterocycles. The lowest BCUT2D eigenvalue weighted by molar-refractivity contribution is -0.132. The number of anilines is 1. The summed E-state index contributed by atoms with van der Waals surface area (Å²) in [5.74, 6) is -0.347. The van der Waals surface area contributed by atoms with Gasteiger partial charge in [-0.05, 0) is 73.9 Å². The van der Waals surface area contributed by atoms with Crippen LogP contribution in [0.3, 0.4) is 0 Å². The van der Waals surface area contributed by atoms with Crippen LogP contribution in [0.25, 0.3) is 5.76 Å². The topological polar surface area (TPSA) is 76.1 Å². The van der Waals surface area contributed by atoms with Crippen LogP contribution in [0.2, 0.25) is 0 Å². The fourth-order valence-corrected chi connectivity index (χ4v) is 4.89. The van der Waals surface area contributed by atoms with Crippen molar-refractivity contribution in [3.8, 4) is 11.5 Å². The maximum absolute atomic E-state index is 13.5. The summed E-state index contributed by atoms with van der Waals surface area (Å²) in [5.41, 5.74) is 4.74. The van der Waals surface area contributed by atoms with Gasteiger partial charge in [-0.1, -0.05) is 24.3 Å². The van der Waals surface area contributed by atoms with E-state index >= 15 is 0 Å². The Morgan fingerprint density at radius 1 is 1.03 bits per heavy atom. The maximum Gasteiger partial charge on any atom is 0.300 e. The Morgan fingerprint density at radius 2 is 1.80 bits per heavy atom. The number of nitrogens with zero attached hydrogens (tertiary/aromatic N) is 1. The summed E-state index contributed by atoms with van der Waals surface area (Å²) in [6.07, 6.45) is 0.759. The number of hydrogen-bond acceptors (Lipinski definition) is 5. The molecule has 1 amide bonds. The van der Waals surface area contributed by atoms with E-state index in [1.54, 1.807) is 25.3 Å². The van der Waals surface area contributed by atoms with E-state index in [2.05, 4.69) is 0 Å². The van der Waals surface area contributed by atoms with Crippen molar-refractivity contribution < 1.29 is 24.2 Å². The Labute approximate surface area is 204 Å². The Hall–Kier alpha value is -4.06. The van der Waals surface area contributed by atoms with Crippen LogP contribution in [0.5, 0.6) is 11.5 Å². The van der Waals surface area contributed by atoms with Gasteiger partial charge >= 0.3 is 0 Å². The molecule has 0 spiro atoms. The summed E-state index contributed by atoms with van der Waals surface area (Å²) in [6, 6.07) is 17.4. The average molecular weight is 470 g/mol. The molecule has 6 heteroatoms. The van der Waals surface area contributed by atoms with E-state index < -0.39 is 17.7 Å². The van der Waals surface area contributed by atoms with Crippen molar-refractivity contribution in [3.05, 3.63) is 94.1 Å². The molecule has 178 valence electrons. The van der Waals surface area contributed by atoms with Crippen LogP contribution in [0.1, 0.15) is 40.8 Å². The number of Topliss-reactive ketones (excluding diaryl/α,β-unsaturated/α-hetero) is 1. The number of para-hydroxylation sites is 1. The number of carbonyl (C=O) groups excluding carboxylic acids is 2. The number of benzene rings is 3. The highest BCUT2D eigenvalue weighted by Gasteiger charge is 2.48. The monoisotopic (exact) mass is 469 g/mol. The highest BCUT2D eigenvalue weighted by atomic mass is 16.5. The maximum atomic E-state index is 13.5. The van der Waals surface area contributed by atoms with Gasteiger partial charge in [0.2, 0.25) is 0 Å². The summed E-state index contributed by atoms with van der Waals surface area (Å²) in [6.45, 7) is 5.93. The molecule has 2 unspecified atom stereocenters. The number of amides is 1. The van der Waals surface area contributed by atoms with Crippen molar-refractivity contribution in [2.45, 2.75) is 39.3 Å². The molecule has 6 nitrogen and oxygen atoms in total.